The van der Waals surface area contributed by atoms with E-state index < -0.39 is 22.5 Å². The summed E-state index contributed by atoms with van der Waals surface area (Å²) in [5, 5.41) is 5.99. The maximum atomic E-state index is 11.4. The second-order valence-electron chi connectivity index (χ2n) is 5.18. The molecule has 17 heavy (non-hydrogen) atoms. The zero-order valence-electron chi connectivity index (χ0n) is 10.7. The predicted octanol–water partition coefficient (Wildman–Crippen LogP) is 0.622. The number of hydrogen-bond donors (Lipinski definition) is 2. The van der Waals surface area contributed by atoms with Crippen LogP contribution in [-0.2, 0) is 15.5 Å². The average Bonchev–Trinajstić information content (AvgIpc) is 2.14. The fourth-order valence-corrected chi connectivity index (χ4v) is 2.84. The number of hydrogen-bond acceptors (Lipinski definition) is 4. The molecule has 2 unspecified atom stereocenters. The van der Waals surface area contributed by atoms with E-state index in [0.29, 0.717) is 12.3 Å². The monoisotopic (exact) mass is 262 g/mol. The van der Waals surface area contributed by atoms with Crippen molar-refractivity contribution in [1.29, 1.82) is 0 Å². The summed E-state index contributed by atoms with van der Waals surface area (Å²) in [7, 11) is -0.707. The Morgan fingerprint density at radius 2 is 2.24 bits per heavy atom. The molecule has 0 spiro atoms. The van der Waals surface area contributed by atoms with Crippen molar-refractivity contribution in [3.8, 4) is 0 Å². The van der Waals surface area contributed by atoms with Gasteiger partial charge >= 0.3 is 6.09 Å². The lowest BCUT2D eigenvalue weighted by Crippen LogP contribution is -2.44. The van der Waals surface area contributed by atoms with Gasteiger partial charge in [0, 0.05) is 41.4 Å². The summed E-state index contributed by atoms with van der Waals surface area (Å²) in [4.78, 5) is 11.4. The third kappa shape index (κ3) is 6.63. The second kappa shape index (κ2) is 6.35. The number of carbonyl (C=O) groups is 1. The zero-order chi connectivity index (χ0) is 12.9. The molecule has 0 aromatic rings. The highest BCUT2D eigenvalue weighted by atomic mass is 32.2. The van der Waals surface area contributed by atoms with Crippen molar-refractivity contribution in [2.75, 3.05) is 24.6 Å². The van der Waals surface area contributed by atoms with Gasteiger partial charge in [0.2, 0.25) is 0 Å². The van der Waals surface area contributed by atoms with Crippen LogP contribution in [0.2, 0.25) is 0 Å². The molecule has 0 radical (unpaired) electrons. The fraction of sp³-hybridized carbons (Fsp3) is 0.909. The molecule has 0 aliphatic carbocycles. The van der Waals surface area contributed by atoms with Crippen molar-refractivity contribution in [2.45, 2.75) is 38.8 Å². The van der Waals surface area contributed by atoms with Crippen LogP contribution in [0.3, 0.4) is 0 Å². The molecule has 1 aliphatic rings. The average molecular weight is 262 g/mol. The molecular weight excluding hydrogens is 240 g/mol. The number of carbonyl (C=O) groups excluding carboxylic acids is 1. The molecule has 1 rings (SSSR count). The highest BCUT2D eigenvalue weighted by Crippen LogP contribution is 2.06. The first-order valence-electron chi connectivity index (χ1n) is 5.92. The van der Waals surface area contributed by atoms with Crippen molar-refractivity contribution in [3.05, 3.63) is 0 Å². The number of nitrogens with one attached hydrogen (secondary N) is 2. The first-order valence-corrected chi connectivity index (χ1v) is 7.41. The van der Waals surface area contributed by atoms with Crippen molar-refractivity contribution in [3.63, 3.8) is 0 Å². The van der Waals surface area contributed by atoms with Gasteiger partial charge in [0.15, 0.2) is 0 Å². The van der Waals surface area contributed by atoms with Gasteiger partial charge in [-0.25, -0.2) is 4.79 Å². The molecule has 2 atom stereocenters. The SMILES string of the molecule is CC(C)(C)OC(=O)NCCC1CS(=O)CCN1. The largest absolute Gasteiger partial charge is 0.444 e. The molecular formula is C11H22N2O3S. The molecule has 0 aromatic carbocycles. The summed E-state index contributed by atoms with van der Waals surface area (Å²) < 4.78 is 16.4. The highest BCUT2D eigenvalue weighted by Gasteiger charge is 2.19. The Labute approximate surface area is 105 Å². The summed E-state index contributed by atoms with van der Waals surface area (Å²) in [6.07, 6.45) is 0.389. The number of rotatable bonds is 3. The maximum Gasteiger partial charge on any atom is 0.407 e. The molecule has 0 bridgehead atoms. The smallest absolute Gasteiger partial charge is 0.407 e. The van der Waals surface area contributed by atoms with Gasteiger partial charge in [0.1, 0.15) is 5.60 Å². The van der Waals surface area contributed by atoms with Gasteiger partial charge in [-0.05, 0) is 27.2 Å². The Morgan fingerprint density at radius 1 is 1.53 bits per heavy atom. The summed E-state index contributed by atoms with van der Waals surface area (Å²) in [6.45, 7) is 6.84. The van der Waals surface area contributed by atoms with E-state index in [9.17, 15) is 9.00 Å². The standard InChI is InChI=1S/C11H22N2O3S/c1-11(2,3)16-10(14)13-5-4-9-8-17(15)7-6-12-9/h9,12H,4-8H2,1-3H3,(H,13,14). The normalized spacial score (nSPS) is 25.4. The third-order valence-electron chi connectivity index (χ3n) is 2.31. The molecule has 1 fully saturated rings. The van der Waals surface area contributed by atoms with Crippen LogP contribution in [-0.4, -0.2) is 46.5 Å². The van der Waals surface area contributed by atoms with E-state index in [-0.39, 0.29) is 6.04 Å². The Kier molecular flexibility index (Phi) is 5.39. The van der Waals surface area contributed by atoms with Crippen LogP contribution in [0, 0.1) is 0 Å². The minimum Gasteiger partial charge on any atom is -0.444 e. The van der Waals surface area contributed by atoms with Gasteiger partial charge in [-0.1, -0.05) is 0 Å². The van der Waals surface area contributed by atoms with Crippen LogP contribution in [0.5, 0.6) is 0 Å². The summed E-state index contributed by atoms with van der Waals surface area (Å²) >= 11 is 0. The van der Waals surface area contributed by atoms with Crippen LogP contribution < -0.4 is 10.6 Å². The van der Waals surface area contributed by atoms with Gasteiger partial charge in [0.05, 0.1) is 0 Å². The second-order valence-corrected chi connectivity index (χ2v) is 6.80. The molecule has 1 aliphatic heterocycles. The lowest BCUT2D eigenvalue weighted by atomic mass is 10.2. The molecule has 100 valence electrons. The van der Waals surface area contributed by atoms with E-state index in [1.165, 1.54) is 0 Å². The number of alkyl carbamates (subject to hydrolysis) is 1. The minimum absolute atomic E-state index is 0.236. The fourth-order valence-electron chi connectivity index (χ4n) is 1.59. The molecule has 1 saturated heterocycles. The molecule has 0 aromatic heterocycles. The van der Waals surface area contributed by atoms with Crippen molar-refractivity contribution in [1.82, 2.24) is 10.6 Å². The first kappa shape index (κ1) is 14.4. The Morgan fingerprint density at radius 3 is 2.82 bits per heavy atom. The van der Waals surface area contributed by atoms with Crippen LogP contribution in [0.4, 0.5) is 4.79 Å². The Bertz CT molecular complexity index is 289. The number of amides is 1. The quantitative estimate of drug-likeness (QED) is 0.782. The van der Waals surface area contributed by atoms with Crippen molar-refractivity contribution < 1.29 is 13.7 Å². The maximum absolute atomic E-state index is 11.4. The van der Waals surface area contributed by atoms with E-state index in [0.717, 1.165) is 18.7 Å². The van der Waals surface area contributed by atoms with Gasteiger partial charge in [-0.2, -0.15) is 0 Å². The van der Waals surface area contributed by atoms with E-state index >= 15 is 0 Å². The highest BCUT2D eigenvalue weighted by molar-refractivity contribution is 7.85. The van der Waals surface area contributed by atoms with Crippen LogP contribution in [0.1, 0.15) is 27.2 Å². The van der Waals surface area contributed by atoms with Gasteiger partial charge in [0.25, 0.3) is 0 Å². The van der Waals surface area contributed by atoms with Crippen LogP contribution in [0.15, 0.2) is 0 Å². The first-order chi connectivity index (χ1) is 7.87. The lowest BCUT2D eigenvalue weighted by Gasteiger charge is -2.24. The van der Waals surface area contributed by atoms with E-state index in [4.69, 9.17) is 4.74 Å². The molecule has 2 N–H and O–H groups in total. The molecule has 0 saturated carbocycles. The third-order valence-corrected chi connectivity index (χ3v) is 3.74. The van der Waals surface area contributed by atoms with Gasteiger partial charge in [-0.3, -0.25) is 4.21 Å². The summed E-state index contributed by atoms with van der Waals surface area (Å²) in [5.74, 6) is 1.41. The van der Waals surface area contributed by atoms with Crippen molar-refractivity contribution >= 4 is 16.9 Å². The zero-order valence-corrected chi connectivity index (χ0v) is 11.6. The van der Waals surface area contributed by atoms with E-state index in [1.54, 1.807) is 0 Å². The predicted molar refractivity (Wildman–Crippen MR) is 68.5 cm³/mol. The Hall–Kier alpha value is -0.620. The number of ether oxygens (including phenoxy) is 1. The van der Waals surface area contributed by atoms with E-state index in [2.05, 4.69) is 10.6 Å². The van der Waals surface area contributed by atoms with Crippen LogP contribution in [0.25, 0.3) is 0 Å². The van der Waals surface area contributed by atoms with E-state index in [1.807, 2.05) is 20.8 Å². The molecule has 1 amide bonds. The lowest BCUT2D eigenvalue weighted by molar-refractivity contribution is 0.0526. The summed E-state index contributed by atoms with van der Waals surface area (Å²) in [6, 6.07) is 0.236. The topological polar surface area (TPSA) is 67.4 Å². The van der Waals surface area contributed by atoms with Crippen molar-refractivity contribution in [2.24, 2.45) is 0 Å². The van der Waals surface area contributed by atoms with Crippen LogP contribution >= 0.6 is 0 Å². The summed E-state index contributed by atoms with van der Waals surface area (Å²) in [5.41, 5.74) is -0.464. The molecule has 6 heteroatoms. The molecule has 1 heterocycles. The van der Waals surface area contributed by atoms with Gasteiger partial charge < -0.3 is 15.4 Å². The molecule has 5 nitrogen and oxygen atoms in total. The minimum atomic E-state index is -0.707. The van der Waals surface area contributed by atoms with Gasteiger partial charge in [-0.15, -0.1) is 0 Å². The Balaban J connectivity index is 2.15.